The molecular weight excluding hydrogens is 158 g/mol. The fraction of sp³-hybridized carbons (Fsp3) is 0. The number of rotatable bonds is 0. The number of aromatic nitrogens is 1. The van der Waals surface area contributed by atoms with E-state index in [2.05, 4.69) is 4.98 Å². The average molecular weight is 161 g/mol. The Balaban J connectivity index is 2.85. The largest absolute Gasteiger partial charge is 0.449 e. The lowest BCUT2D eigenvalue weighted by Gasteiger charge is -1.74. The summed E-state index contributed by atoms with van der Waals surface area (Å²) in [6.07, 6.45) is 0. The number of hydrogen-bond acceptors (Lipinski definition) is 3. The van der Waals surface area contributed by atoms with Gasteiger partial charge in [-0.3, -0.25) is 14.6 Å². The average Bonchev–Trinajstić information content (AvgIpc) is 2.74. The Morgan fingerprint density at radius 1 is 1.17 bits per heavy atom. The van der Waals surface area contributed by atoms with E-state index in [1.54, 1.807) is 12.1 Å². The first-order valence-corrected chi connectivity index (χ1v) is 3.48. The highest BCUT2D eigenvalue weighted by Gasteiger charge is 2.16. The number of hydrogen-bond donors (Lipinski definition) is 1. The van der Waals surface area contributed by atoms with E-state index < -0.39 is 0 Å². The molecule has 0 atom stereocenters. The minimum absolute atomic E-state index is 0.340. The van der Waals surface area contributed by atoms with Gasteiger partial charge in [0.15, 0.2) is 11.2 Å². The van der Waals surface area contributed by atoms with Crippen molar-refractivity contribution in [3.63, 3.8) is 0 Å². The van der Waals surface area contributed by atoms with Crippen LogP contribution in [0.25, 0.3) is 21.9 Å². The summed E-state index contributed by atoms with van der Waals surface area (Å²) in [6, 6.07) is 3.29. The zero-order valence-electron chi connectivity index (χ0n) is 5.88. The maximum Gasteiger partial charge on any atom is 0.262 e. The topological polar surface area (TPSA) is 63.1 Å². The molecule has 0 bridgehead atoms. The third-order valence-electron chi connectivity index (χ3n) is 1.99. The van der Waals surface area contributed by atoms with Crippen molar-refractivity contribution in [1.29, 1.82) is 0 Å². The molecule has 2 aromatic heterocycles. The zero-order valence-corrected chi connectivity index (χ0v) is 5.88. The molecule has 0 radical (unpaired) electrons. The van der Waals surface area contributed by atoms with Gasteiger partial charge in [0.05, 0.1) is 10.8 Å². The summed E-state index contributed by atoms with van der Waals surface area (Å²) < 4.78 is 4.99. The van der Waals surface area contributed by atoms with E-state index >= 15 is 0 Å². The van der Waals surface area contributed by atoms with Crippen molar-refractivity contribution < 1.29 is 4.42 Å². The van der Waals surface area contributed by atoms with Gasteiger partial charge in [0.2, 0.25) is 0 Å². The molecule has 0 aliphatic heterocycles. The molecule has 0 aliphatic rings. The molecule has 58 valence electrons. The predicted octanol–water partition coefficient (Wildman–Crippen LogP) is 0.510. The summed E-state index contributed by atoms with van der Waals surface area (Å²) in [5.74, 6) is 0. The molecule has 4 heteroatoms. The number of H-pyrrole nitrogens is 1. The van der Waals surface area contributed by atoms with Crippen LogP contribution >= 0.6 is 0 Å². The molecule has 1 N–H and O–H groups in total. The van der Waals surface area contributed by atoms with Crippen LogP contribution in [-0.2, 0) is 0 Å². The van der Waals surface area contributed by atoms with Gasteiger partial charge in [-0.2, -0.15) is 0 Å². The van der Waals surface area contributed by atoms with Gasteiger partial charge in [0.1, 0.15) is 0 Å². The molecule has 1 aromatic carbocycles. The molecule has 12 heavy (non-hydrogen) atoms. The molecule has 3 aromatic rings. The Morgan fingerprint density at radius 3 is 2.83 bits per heavy atom. The standard InChI is InChI=1S/C8H3NO3/c10-7-3-1-2-4-6(12-4)5(3)8(11)9-7/h1-2H,(H,9,10,11). The van der Waals surface area contributed by atoms with E-state index in [0.29, 0.717) is 21.9 Å². The molecule has 0 spiro atoms. The third kappa shape index (κ3) is 0.492. The smallest absolute Gasteiger partial charge is 0.262 e. The van der Waals surface area contributed by atoms with Crippen LogP contribution in [0.2, 0.25) is 0 Å². The second-order valence-corrected chi connectivity index (χ2v) is 2.70. The van der Waals surface area contributed by atoms with E-state index in [1.165, 1.54) is 0 Å². The Morgan fingerprint density at radius 2 is 2.00 bits per heavy atom. The van der Waals surface area contributed by atoms with Crippen LogP contribution in [0.5, 0.6) is 0 Å². The van der Waals surface area contributed by atoms with Crippen LogP contribution in [0, 0.1) is 0 Å². The fourth-order valence-corrected chi connectivity index (χ4v) is 1.38. The molecule has 4 nitrogen and oxygen atoms in total. The van der Waals surface area contributed by atoms with Gasteiger partial charge in [-0.05, 0) is 12.1 Å². The van der Waals surface area contributed by atoms with Gasteiger partial charge < -0.3 is 4.42 Å². The highest BCUT2D eigenvalue weighted by molar-refractivity contribution is 6.05. The van der Waals surface area contributed by atoms with E-state index in [1.807, 2.05) is 0 Å². The number of nitrogens with one attached hydrogen (secondary N) is 1. The minimum atomic E-state index is -0.357. The van der Waals surface area contributed by atoms with Crippen molar-refractivity contribution in [2.45, 2.75) is 0 Å². The summed E-state index contributed by atoms with van der Waals surface area (Å²) in [6.45, 7) is 0. The van der Waals surface area contributed by atoms with Crippen molar-refractivity contribution in [1.82, 2.24) is 4.98 Å². The van der Waals surface area contributed by atoms with E-state index in [-0.39, 0.29) is 11.1 Å². The maximum atomic E-state index is 11.1. The Hall–Kier alpha value is -1.84. The van der Waals surface area contributed by atoms with E-state index in [4.69, 9.17) is 4.42 Å². The highest BCUT2D eigenvalue weighted by atomic mass is 16.4. The molecule has 0 fully saturated rings. The molecule has 0 amide bonds. The fourth-order valence-electron chi connectivity index (χ4n) is 1.38. The van der Waals surface area contributed by atoms with Crippen molar-refractivity contribution in [3.05, 3.63) is 32.8 Å². The molecule has 3 rings (SSSR count). The summed E-state index contributed by atoms with van der Waals surface area (Å²) in [5.41, 5.74) is 0.548. The van der Waals surface area contributed by atoms with Gasteiger partial charge in [-0.1, -0.05) is 0 Å². The number of benzene rings is 1. The predicted molar refractivity (Wildman–Crippen MR) is 43.0 cm³/mol. The van der Waals surface area contributed by atoms with Gasteiger partial charge >= 0.3 is 0 Å². The number of aromatic amines is 1. The van der Waals surface area contributed by atoms with Crippen molar-refractivity contribution in [3.8, 4) is 0 Å². The minimum Gasteiger partial charge on any atom is -0.449 e. The van der Waals surface area contributed by atoms with Crippen LogP contribution in [-0.4, -0.2) is 4.98 Å². The quantitative estimate of drug-likeness (QED) is 0.522. The molecule has 2 heterocycles. The van der Waals surface area contributed by atoms with Gasteiger partial charge in [-0.25, -0.2) is 0 Å². The molecule has 0 unspecified atom stereocenters. The second-order valence-electron chi connectivity index (χ2n) is 2.70. The van der Waals surface area contributed by atoms with Gasteiger partial charge in [-0.15, -0.1) is 0 Å². The molecule has 0 aliphatic carbocycles. The monoisotopic (exact) mass is 161 g/mol. The highest BCUT2D eigenvalue weighted by Crippen LogP contribution is 2.28. The lowest BCUT2D eigenvalue weighted by atomic mass is 10.2. The third-order valence-corrected chi connectivity index (χ3v) is 1.99. The van der Waals surface area contributed by atoms with E-state index in [0.717, 1.165) is 0 Å². The van der Waals surface area contributed by atoms with Crippen molar-refractivity contribution in [2.24, 2.45) is 0 Å². The summed E-state index contributed by atoms with van der Waals surface area (Å²) in [7, 11) is 0. The molecule has 0 saturated carbocycles. The van der Waals surface area contributed by atoms with Crippen molar-refractivity contribution in [2.75, 3.05) is 0 Å². The second kappa shape index (κ2) is 1.50. The first-order chi connectivity index (χ1) is 5.77. The van der Waals surface area contributed by atoms with Gasteiger partial charge in [0.25, 0.3) is 11.1 Å². The van der Waals surface area contributed by atoms with E-state index in [9.17, 15) is 9.59 Å². The first-order valence-electron chi connectivity index (χ1n) is 3.48. The van der Waals surface area contributed by atoms with Crippen LogP contribution in [0.3, 0.4) is 0 Å². The lowest BCUT2D eigenvalue weighted by molar-refractivity contribution is 0.759. The summed E-state index contributed by atoms with van der Waals surface area (Å²) in [4.78, 5) is 24.4. The van der Waals surface area contributed by atoms with Gasteiger partial charge in [0, 0.05) is 0 Å². The van der Waals surface area contributed by atoms with Crippen LogP contribution in [0.1, 0.15) is 0 Å². The Bertz CT molecular complexity index is 648. The maximum absolute atomic E-state index is 11.1. The number of fused-ring (bicyclic) bond motifs is 3. The Labute approximate surface area is 65.1 Å². The summed E-state index contributed by atoms with van der Waals surface area (Å²) in [5, 5.41) is 0.800. The lowest BCUT2D eigenvalue weighted by Crippen LogP contribution is -2.05. The van der Waals surface area contributed by atoms with Crippen molar-refractivity contribution >= 4 is 21.9 Å². The zero-order chi connectivity index (χ0) is 8.29. The SMILES string of the molecule is O=c1[nH]c(=O)c2c1ccc1oc12. The Kier molecular flexibility index (Phi) is 0.721. The van der Waals surface area contributed by atoms with Crippen LogP contribution < -0.4 is 11.1 Å². The normalized spacial score (nSPS) is 12.0. The molecule has 0 saturated heterocycles. The first kappa shape index (κ1) is 5.77. The van der Waals surface area contributed by atoms with Crippen LogP contribution in [0.15, 0.2) is 26.1 Å². The van der Waals surface area contributed by atoms with Crippen LogP contribution in [0.4, 0.5) is 0 Å². The molecular formula is C8H3NO3. The summed E-state index contributed by atoms with van der Waals surface area (Å²) >= 11 is 0.